The van der Waals surface area contributed by atoms with E-state index >= 15 is 0 Å². The molecule has 0 aliphatic rings. The standard InChI is InChI=1S/C14H30O3/c1-3-15-11-7-5-9-13-17-14-10-6-8-12-16-4-2/h3-14H2,1-2H3. The lowest BCUT2D eigenvalue weighted by atomic mass is 10.2. The Morgan fingerprint density at radius 2 is 0.824 bits per heavy atom. The maximum Gasteiger partial charge on any atom is 0.0466 e. The molecule has 3 heteroatoms. The van der Waals surface area contributed by atoms with E-state index in [0.717, 1.165) is 65.3 Å². The smallest absolute Gasteiger partial charge is 0.0466 e. The van der Waals surface area contributed by atoms with Crippen LogP contribution in [-0.2, 0) is 14.2 Å². The highest BCUT2D eigenvalue weighted by Gasteiger charge is 1.92. The lowest BCUT2D eigenvalue weighted by Gasteiger charge is -2.05. The zero-order valence-corrected chi connectivity index (χ0v) is 11.7. The maximum absolute atomic E-state index is 5.57. The molecule has 0 saturated heterocycles. The summed E-state index contributed by atoms with van der Waals surface area (Å²) in [5, 5.41) is 0. The van der Waals surface area contributed by atoms with Gasteiger partial charge in [-0.05, 0) is 52.4 Å². The fourth-order valence-electron chi connectivity index (χ4n) is 1.56. The lowest BCUT2D eigenvalue weighted by Crippen LogP contribution is -2.00. The monoisotopic (exact) mass is 246 g/mol. The molecule has 0 aliphatic heterocycles. The van der Waals surface area contributed by atoms with E-state index in [9.17, 15) is 0 Å². The summed E-state index contributed by atoms with van der Waals surface area (Å²) in [5.41, 5.74) is 0. The van der Waals surface area contributed by atoms with Crippen LogP contribution >= 0.6 is 0 Å². The molecule has 17 heavy (non-hydrogen) atoms. The van der Waals surface area contributed by atoms with Crippen molar-refractivity contribution >= 4 is 0 Å². The van der Waals surface area contributed by atoms with Crippen molar-refractivity contribution in [2.24, 2.45) is 0 Å². The van der Waals surface area contributed by atoms with Crippen molar-refractivity contribution in [2.75, 3.05) is 39.6 Å². The summed E-state index contributed by atoms with van der Waals surface area (Å²) >= 11 is 0. The molecule has 3 nitrogen and oxygen atoms in total. The molecule has 0 unspecified atom stereocenters. The van der Waals surface area contributed by atoms with E-state index in [-0.39, 0.29) is 0 Å². The molecule has 104 valence electrons. The number of hydrogen-bond acceptors (Lipinski definition) is 3. The summed E-state index contributed by atoms with van der Waals surface area (Å²) < 4.78 is 16.1. The molecule has 0 spiro atoms. The van der Waals surface area contributed by atoms with Crippen LogP contribution in [0.1, 0.15) is 52.4 Å². The van der Waals surface area contributed by atoms with Gasteiger partial charge in [-0.2, -0.15) is 0 Å². The van der Waals surface area contributed by atoms with E-state index in [2.05, 4.69) is 0 Å². The van der Waals surface area contributed by atoms with Gasteiger partial charge in [0.25, 0.3) is 0 Å². The van der Waals surface area contributed by atoms with E-state index in [4.69, 9.17) is 14.2 Å². The Morgan fingerprint density at radius 3 is 1.18 bits per heavy atom. The minimum absolute atomic E-state index is 0.832. The first-order valence-corrected chi connectivity index (χ1v) is 7.15. The van der Waals surface area contributed by atoms with Crippen LogP contribution in [0.3, 0.4) is 0 Å². The first-order valence-electron chi connectivity index (χ1n) is 7.15. The second-order valence-corrected chi connectivity index (χ2v) is 4.13. The van der Waals surface area contributed by atoms with E-state index in [1.807, 2.05) is 13.8 Å². The molecule has 0 aromatic heterocycles. The number of ether oxygens (including phenoxy) is 3. The van der Waals surface area contributed by atoms with Crippen molar-refractivity contribution in [1.82, 2.24) is 0 Å². The Labute approximate surface area is 107 Å². The zero-order chi connectivity index (χ0) is 12.6. The van der Waals surface area contributed by atoms with Crippen LogP contribution in [0.5, 0.6) is 0 Å². The summed E-state index contributed by atoms with van der Waals surface area (Å²) in [6, 6.07) is 0. The molecule has 0 aromatic carbocycles. The van der Waals surface area contributed by atoms with Crippen molar-refractivity contribution in [3.05, 3.63) is 0 Å². The highest BCUT2D eigenvalue weighted by molar-refractivity contribution is 4.43. The van der Waals surface area contributed by atoms with Gasteiger partial charge in [0.1, 0.15) is 0 Å². The predicted octanol–water partition coefficient (Wildman–Crippen LogP) is 3.42. The van der Waals surface area contributed by atoms with Gasteiger partial charge in [0.2, 0.25) is 0 Å². The number of rotatable bonds is 14. The third-order valence-corrected chi connectivity index (χ3v) is 2.56. The Bertz CT molecular complexity index is 115. The lowest BCUT2D eigenvalue weighted by molar-refractivity contribution is 0.111. The summed E-state index contributed by atoms with van der Waals surface area (Å²) in [4.78, 5) is 0. The maximum atomic E-state index is 5.57. The Kier molecular flexibility index (Phi) is 15.8. The van der Waals surface area contributed by atoms with Crippen LogP contribution in [0.2, 0.25) is 0 Å². The van der Waals surface area contributed by atoms with E-state index in [1.165, 1.54) is 12.8 Å². The van der Waals surface area contributed by atoms with Crippen molar-refractivity contribution < 1.29 is 14.2 Å². The summed E-state index contributed by atoms with van der Waals surface area (Å²) in [6.45, 7) is 9.33. The quantitative estimate of drug-likeness (QED) is 0.440. The molecule has 0 bridgehead atoms. The summed E-state index contributed by atoms with van der Waals surface area (Å²) in [6.07, 6.45) is 7.06. The fraction of sp³-hybridized carbons (Fsp3) is 1.00. The van der Waals surface area contributed by atoms with Gasteiger partial charge in [-0.25, -0.2) is 0 Å². The van der Waals surface area contributed by atoms with Crippen LogP contribution in [0.15, 0.2) is 0 Å². The molecule has 0 aliphatic carbocycles. The van der Waals surface area contributed by atoms with Crippen LogP contribution in [-0.4, -0.2) is 39.6 Å². The van der Waals surface area contributed by atoms with E-state index in [1.54, 1.807) is 0 Å². The average molecular weight is 246 g/mol. The van der Waals surface area contributed by atoms with Gasteiger partial charge in [-0.3, -0.25) is 0 Å². The topological polar surface area (TPSA) is 27.7 Å². The molecule has 0 rings (SSSR count). The largest absolute Gasteiger partial charge is 0.382 e. The summed E-state index contributed by atoms with van der Waals surface area (Å²) in [5.74, 6) is 0. The molecule has 0 heterocycles. The Hall–Kier alpha value is -0.120. The first-order chi connectivity index (χ1) is 8.41. The molecule has 0 amide bonds. The van der Waals surface area contributed by atoms with E-state index < -0.39 is 0 Å². The van der Waals surface area contributed by atoms with Gasteiger partial charge in [-0.1, -0.05) is 0 Å². The van der Waals surface area contributed by atoms with Crippen LogP contribution in [0.4, 0.5) is 0 Å². The normalized spacial score (nSPS) is 10.9. The Morgan fingerprint density at radius 1 is 0.471 bits per heavy atom. The third-order valence-electron chi connectivity index (χ3n) is 2.56. The fourth-order valence-corrected chi connectivity index (χ4v) is 1.56. The van der Waals surface area contributed by atoms with Crippen LogP contribution < -0.4 is 0 Å². The van der Waals surface area contributed by atoms with Gasteiger partial charge in [-0.15, -0.1) is 0 Å². The molecule has 0 N–H and O–H groups in total. The van der Waals surface area contributed by atoms with Crippen LogP contribution in [0.25, 0.3) is 0 Å². The Balaban J connectivity index is 2.85. The van der Waals surface area contributed by atoms with Gasteiger partial charge >= 0.3 is 0 Å². The van der Waals surface area contributed by atoms with Crippen molar-refractivity contribution in [2.45, 2.75) is 52.4 Å². The highest BCUT2D eigenvalue weighted by atomic mass is 16.5. The number of hydrogen-bond donors (Lipinski definition) is 0. The zero-order valence-electron chi connectivity index (χ0n) is 11.7. The SMILES string of the molecule is CCOCCCCCOCCCCCOCC. The second-order valence-electron chi connectivity index (χ2n) is 4.13. The van der Waals surface area contributed by atoms with Gasteiger partial charge in [0, 0.05) is 39.6 Å². The van der Waals surface area contributed by atoms with Crippen molar-refractivity contribution in [1.29, 1.82) is 0 Å². The van der Waals surface area contributed by atoms with Crippen LogP contribution in [0, 0.1) is 0 Å². The molecule has 0 atom stereocenters. The highest BCUT2D eigenvalue weighted by Crippen LogP contribution is 1.99. The average Bonchev–Trinajstić information content (AvgIpc) is 2.35. The van der Waals surface area contributed by atoms with Crippen molar-refractivity contribution in [3.8, 4) is 0 Å². The molecule has 0 fully saturated rings. The third kappa shape index (κ3) is 15.9. The molecular weight excluding hydrogens is 216 g/mol. The molecule has 0 radical (unpaired) electrons. The van der Waals surface area contributed by atoms with Gasteiger partial charge in [0.15, 0.2) is 0 Å². The minimum atomic E-state index is 0.832. The van der Waals surface area contributed by atoms with Gasteiger partial charge in [0.05, 0.1) is 0 Å². The van der Waals surface area contributed by atoms with Gasteiger partial charge < -0.3 is 14.2 Å². The van der Waals surface area contributed by atoms with E-state index in [0.29, 0.717) is 0 Å². The predicted molar refractivity (Wildman–Crippen MR) is 71.5 cm³/mol. The molecular formula is C14H30O3. The second kappa shape index (κ2) is 15.9. The van der Waals surface area contributed by atoms with Crippen molar-refractivity contribution in [3.63, 3.8) is 0 Å². The first kappa shape index (κ1) is 16.9. The number of unbranched alkanes of at least 4 members (excludes halogenated alkanes) is 4. The summed E-state index contributed by atoms with van der Waals surface area (Å²) in [7, 11) is 0. The molecule has 0 saturated carbocycles. The molecule has 0 aromatic rings. The minimum Gasteiger partial charge on any atom is -0.382 e.